The lowest BCUT2D eigenvalue weighted by Crippen LogP contribution is -2.40. The Hall–Kier alpha value is -2.16. The minimum atomic E-state index is 0.0777. The molecule has 1 aliphatic rings. The number of hydrogen-bond donors (Lipinski definition) is 0. The molecule has 1 aliphatic heterocycles. The molecule has 4 rings (SSSR count). The van der Waals surface area contributed by atoms with Gasteiger partial charge >= 0.3 is 0 Å². The summed E-state index contributed by atoms with van der Waals surface area (Å²) in [6.07, 6.45) is 1.62. The van der Waals surface area contributed by atoms with Crippen molar-refractivity contribution in [2.75, 3.05) is 19.8 Å². The van der Waals surface area contributed by atoms with Gasteiger partial charge in [0, 0.05) is 6.54 Å². The Morgan fingerprint density at radius 2 is 2.12 bits per heavy atom. The average Bonchev–Trinajstić information content (AvgIpc) is 3.28. The summed E-state index contributed by atoms with van der Waals surface area (Å²) in [7, 11) is 0. The molecule has 1 unspecified atom stereocenters. The van der Waals surface area contributed by atoms with Crippen LogP contribution in [0.15, 0.2) is 42.2 Å². The number of ether oxygens (including phenoxy) is 1. The highest BCUT2D eigenvalue weighted by atomic mass is 32.1. The summed E-state index contributed by atoms with van der Waals surface area (Å²) >= 11 is 1.58. The van der Waals surface area contributed by atoms with Crippen molar-refractivity contribution in [2.24, 2.45) is 0 Å². The van der Waals surface area contributed by atoms with Gasteiger partial charge in [-0.2, -0.15) is 5.10 Å². The smallest absolute Gasteiger partial charge is 0.146 e. The maximum absolute atomic E-state index is 5.71. The number of aromatic nitrogens is 5. The molecule has 0 N–H and O–H groups in total. The van der Waals surface area contributed by atoms with E-state index in [-0.39, 0.29) is 6.04 Å². The Morgan fingerprint density at radius 1 is 1.21 bits per heavy atom. The molecule has 0 aliphatic carbocycles. The fourth-order valence-electron chi connectivity index (χ4n) is 2.91. The van der Waals surface area contributed by atoms with Crippen LogP contribution in [0.1, 0.15) is 22.4 Å². The molecule has 1 atom stereocenters. The van der Waals surface area contributed by atoms with Gasteiger partial charge in [-0.3, -0.25) is 4.90 Å². The van der Waals surface area contributed by atoms with Crippen molar-refractivity contribution in [3.8, 4) is 0 Å². The molecule has 0 spiro atoms. The molecule has 0 bridgehead atoms. The van der Waals surface area contributed by atoms with Crippen molar-refractivity contribution in [1.29, 1.82) is 0 Å². The second-order valence-corrected chi connectivity index (χ2v) is 6.57. The third-order valence-electron chi connectivity index (χ3n) is 4.10. The van der Waals surface area contributed by atoms with E-state index in [0.717, 1.165) is 30.5 Å². The molecule has 124 valence electrons. The normalized spacial score (nSPS) is 18.8. The summed E-state index contributed by atoms with van der Waals surface area (Å²) in [4.78, 5) is 6.86. The summed E-state index contributed by atoms with van der Waals surface area (Å²) in [5.41, 5.74) is 2.97. The zero-order valence-corrected chi connectivity index (χ0v) is 14.0. The molecule has 0 saturated carbocycles. The highest BCUT2D eigenvalue weighted by molar-refractivity contribution is 7.09. The van der Waals surface area contributed by atoms with Crippen molar-refractivity contribution in [3.63, 3.8) is 0 Å². The van der Waals surface area contributed by atoms with Gasteiger partial charge in [-0.15, -0.1) is 21.5 Å². The van der Waals surface area contributed by atoms with E-state index in [2.05, 4.69) is 37.3 Å². The fraction of sp³-hybridized carbons (Fsp3) is 0.375. The SMILES string of the molecule is c1ccc(Cn2ncnc2C2COCCN2Cc2nncs2)cc1. The van der Waals surface area contributed by atoms with Crippen LogP contribution in [0, 0.1) is 0 Å². The Morgan fingerprint density at radius 3 is 2.96 bits per heavy atom. The number of rotatable bonds is 5. The first-order chi connectivity index (χ1) is 11.9. The van der Waals surface area contributed by atoms with Gasteiger partial charge in [-0.1, -0.05) is 30.3 Å². The lowest BCUT2D eigenvalue weighted by atomic mass is 10.2. The predicted octanol–water partition coefficient (Wildman–Crippen LogP) is 1.75. The Bertz CT molecular complexity index is 760. The Balaban J connectivity index is 1.56. The monoisotopic (exact) mass is 342 g/mol. The van der Waals surface area contributed by atoms with Crippen molar-refractivity contribution in [1.82, 2.24) is 29.9 Å². The van der Waals surface area contributed by atoms with Crippen LogP contribution in [0.3, 0.4) is 0 Å². The predicted molar refractivity (Wildman–Crippen MR) is 89.4 cm³/mol. The molecule has 1 saturated heterocycles. The van der Waals surface area contributed by atoms with E-state index in [1.807, 2.05) is 22.9 Å². The van der Waals surface area contributed by atoms with E-state index in [0.29, 0.717) is 13.2 Å². The van der Waals surface area contributed by atoms with Gasteiger partial charge < -0.3 is 4.74 Å². The summed E-state index contributed by atoms with van der Waals surface area (Å²) < 4.78 is 7.67. The van der Waals surface area contributed by atoms with Crippen molar-refractivity contribution >= 4 is 11.3 Å². The summed E-state index contributed by atoms with van der Waals surface area (Å²) in [6.45, 7) is 3.66. The summed E-state index contributed by atoms with van der Waals surface area (Å²) in [5, 5.41) is 13.5. The zero-order chi connectivity index (χ0) is 16.2. The van der Waals surface area contributed by atoms with Gasteiger partial charge in [-0.25, -0.2) is 9.67 Å². The molecule has 3 heterocycles. The van der Waals surface area contributed by atoms with Crippen molar-refractivity contribution in [3.05, 3.63) is 58.6 Å². The molecule has 24 heavy (non-hydrogen) atoms. The average molecular weight is 342 g/mol. The highest BCUT2D eigenvalue weighted by Gasteiger charge is 2.29. The largest absolute Gasteiger partial charge is 0.378 e. The number of morpholine rings is 1. The van der Waals surface area contributed by atoms with Gasteiger partial charge in [0.25, 0.3) is 0 Å². The van der Waals surface area contributed by atoms with Crippen molar-refractivity contribution in [2.45, 2.75) is 19.1 Å². The van der Waals surface area contributed by atoms with Gasteiger partial charge in [0.15, 0.2) is 0 Å². The molecular weight excluding hydrogens is 324 g/mol. The number of nitrogens with zero attached hydrogens (tertiary/aromatic N) is 6. The van der Waals surface area contributed by atoms with Gasteiger partial charge in [-0.05, 0) is 5.56 Å². The molecule has 3 aromatic rings. The van der Waals surface area contributed by atoms with Crippen LogP contribution in [0.2, 0.25) is 0 Å². The Kier molecular flexibility index (Phi) is 4.59. The second kappa shape index (κ2) is 7.16. The highest BCUT2D eigenvalue weighted by Crippen LogP contribution is 2.25. The molecule has 7 nitrogen and oxygen atoms in total. The van der Waals surface area contributed by atoms with Crippen LogP contribution >= 0.6 is 11.3 Å². The topological polar surface area (TPSA) is 69.0 Å². The van der Waals surface area contributed by atoms with Crippen LogP contribution in [0.4, 0.5) is 0 Å². The quantitative estimate of drug-likeness (QED) is 0.704. The van der Waals surface area contributed by atoms with E-state index in [4.69, 9.17) is 4.74 Å². The molecule has 1 fully saturated rings. The van der Waals surface area contributed by atoms with Crippen LogP contribution in [0.5, 0.6) is 0 Å². The van der Waals surface area contributed by atoms with Crippen LogP contribution < -0.4 is 0 Å². The van der Waals surface area contributed by atoms with Gasteiger partial charge in [0.1, 0.15) is 22.7 Å². The van der Waals surface area contributed by atoms with Gasteiger partial charge in [0.05, 0.1) is 32.3 Å². The maximum atomic E-state index is 5.71. The van der Waals surface area contributed by atoms with E-state index >= 15 is 0 Å². The van der Waals surface area contributed by atoms with E-state index < -0.39 is 0 Å². The van der Waals surface area contributed by atoms with E-state index in [1.54, 1.807) is 23.2 Å². The molecule has 2 aromatic heterocycles. The minimum Gasteiger partial charge on any atom is -0.378 e. The summed E-state index contributed by atoms with van der Waals surface area (Å²) in [5.74, 6) is 0.933. The molecule has 0 amide bonds. The second-order valence-electron chi connectivity index (χ2n) is 5.66. The van der Waals surface area contributed by atoms with Crippen molar-refractivity contribution < 1.29 is 4.74 Å². The Labute approximate surface area is 143 Å². The third-order valence-corrected chi connectivity index (χ3v) is 4.78. The van der Waals surface area contributed by atoms with Crippen LogP contribution in [0.25, 0.3) is 0 Å². The molecule has 8 heteroatoms. The number of hydrogen-bond acceptors (Lipinski definition) is 7. The van der Waals surface area contributed by atoms with Crippen LogP contribution in [-0.2, 0) is 17.8 Å². The molecular formula is C16H18N6OS. The van der Waals surface area contributed by atoms with Crippen LogP contribution in [-0.4, -0.2) is 49.6 Å². The third kappa shape index (κ3) is 3.35. The molecule has 1 aromatic carbocycles. The number of benzene rings is 1. The first-order valence-corrected chi connectivity index (χ1v) is 8.76. The fourth-order valence-corrected chi connectivity index (χ4v) is 3.46. The van der Waals surface area contributed by atoms with Gasteiger partial charge in [0.2, 0.25) is 0 Å². The summed E-state index contributed by atoms with van der Waals surface area (Å²) in [6, 6.07) is 10.4. The van der Waals surface area contributed by atoms with E-state index in [1.165, 1.54) is 5.56 Å². The standard InChI is InChI=1S/C16H18N6OS/c1-2-4-13(5-3-1)8-22-16(17-11-19-22)14-10-23-7-6-21(14)9-15-20-18-12-24-15/h1-5,11-12,14H,6-10H2. The first-order valence-electron chi connectivity index (χ1n) is 7.88. The zero-order valence-electron chi connectivity index (χ0n) is 13.2. The van der Waals surface area contributed by atoms with E-state index in [9.17, 15) is 0 Å². The lowest BCUT2D eigenvalue weighted by molar-refractivity contribution is -0.0174. The maximum Gasteiger partial charge on any atom is 0.146 e. The molecule has 0 radical (unpaired) electrons. The minimum absolute atomic E-state index is 0.0777. The lowest BCUT2D eigenvalue weighted by Gasteiger charge is -2.34. The first kappa shape index (κ1) is 15.4.